The second kappa shape index (κ2) is 5.72. The third kappa shape index (κ3) is 3.33. The van der Waals surface area contributed by atoms with Gasteiger partial charge in [-0.3, -0.25) is 0 Å². The summed E-state index contributed by atoms with van der Waals surface area (Å²) in [4.78, 5) is 0.434. The molecule has 0 aliphatic rings. The molecule has 2 rings (SSSR count). The first-order valence-electron chi connectivity index (χ1n) is 5.91. The van der Waals surface area contributed by atoms with E-state index in [1.165, 1.54) is 5.56 Å². The summed E-state index contributed by atoms with van der Waals surface area (Å²) in [5, 5.41) is 3.40. The lowest BCUT2D eigenvalue weighted by Gasteiger charge is -2.12. The van der Waals surface area contributed by atoms with Crippen molar-refractivity contribution < 1.29 is 0 Å². The maximum Gasteiger partial charge on any atom is 0.104 e. The second-order valence-corrected chi connectivity index (χ2v) is 5.83. The molecule has 0 aliphatic heterocycles. The molecular formula is C15H15BrN2S. The van der Waals surface area contributed by atoms with Crippen LogP contribution in [0.2, 0.25) is 0 Å². The molecule has 0 aromatic heterocycles. The monoisotopic (exact) mass is 334 g/mol. The van der Waals surface area contributed by atoms with Gasteiger partial charge < -0.3 is 11.1 Å². The fourth-order valence-corrected chi connectivity index (χ4v) is 2.65. The van der Waals surface area contributed by atoms with Crippen molar-refractivity contribution in [2.24, 2.45) is 5.73 Å². The zero-order chi connectivity index (χ0) is 14.0. The molecule has 2 aromatic carbocycles. The molecule has 0 heterocycles. The van der Waals surface area contributed by atoms with Gasteiger partial charge >= 0.3 is 0 Å². The number of nitrogens with one attached hydrogen (secondary N) is 1. The van der Waals surface area contributed by atoms with Crippen molar-refractivity contribution in [2.75, 3.05) is 5.32 Å². The van der Waals surface area contributed by atoms with Gasteiger partial charge in [0.25, 0.3) is 0 Å². The van der Waals surface area contributed by atoms with Gasteiger partial charge in [-0.1, -0.05) is 28.1 Å². The summed E-state index contributed by atoms with van der Waals surface area (Å²) in [7, 11) is 0. The third-order valence-electron chi connectivity index (χ3n) is 2.96. The minimum Gasteiger partial charge on any atom is -0.389 e. The Bertz CT molecular complexity index is 638. The molecule has 0 spiro atoms. The van der Waals surface area contributed by atoms with Crippen LogP contribution in [0.4, 0.5) is 11.4 Å². The van der Waals surface area contributed by atoms with E-state index < -0.39 is 0 Å². The van der Waals surface area contributed by atoms with Crippen LogP contribution in [0.15, 0.2) is 40.9 Å². The van der Waals surface area contributed by atoms with E-state index in [0.29, 0.717) is 4.99 Å². The van der Waals surface area contributed by atoms with Crippen LogP contribution < -0.4 is 11.1 Å². The smallest absolute Gasteiger partial charge is 0.104 e. The summed E-state index contributed by atoms with van der Waals surface area (Å²) < 4.78 is 1.08. The van der Waals surface area contributed by atoms with Gasteiger partial charge in [0.2, 0.25) is 0 Å². The molecule has 2 aromatic rings. The van der Waals surface area contributed by atoms with Gasteiger partial charge in [0.1, 0.15) is 4.99 Å². The molecule has 0 aliphatic carbocycles. The highest BCUT2D eigenvalue weighted by atomic mass is 79.9. The average molecular weight is 335 g/mol. The van der Waals surface area contributed by atoms with Gasteiger partial charge in [0, 0.05) is 21.4 Å². The van der Waals surface area contributed by atoms with Crippen molar-refractivity contribution >= 4 is 44.5 Å². The number of hydrogen-bond acceptors (Lipinski definition) is 2. The molecule has 0 saturated carbocycles. The summed E-state index contributed by atoms with van der Waals surface area (Å²) >= 11 is 8.47. The second-order valence-electron chi connectivity index (χ2n) is 4.48. The molecular weight excluding hydrogens is 320 g/mol. The van der Waals surface area contributed by atoms with Gasteiger partial charge in [-0.2, -0.15) is 0 Å². The molecule has 2 nitrogen and oxygen atoms in total. The predicted octanol–water partition coefficient (Wildman–Crippen LogP) is 4.44. The van der Waals surface area contributed by atoms with E-state index in [9.17, 15) is 0 Å². The van der Waals surface area contributed by atoms with E-state index in [0.717, 1.165) is 27.0 Å². The quantitative estimate of drug-likeness (QED) is 0.814. The van der Waals surface area contributed by atoms with E-state index in [4.69, 9.17) is 18.0 Å². The van der Waals surface area contributed by atoms with E-state index in [-0.39, 0.29) is 0 Å². The number of aryl methyl sites for hydroxylation is 2. The Morgan fingerprint density at radius 3 is 2.42 bits per heavy atom. The molecule has 4 heteroatoms. The number of rotatable bonds is 3. The summed E-state index contributed by atoms with van der Waals surface area (Å²) in [6.45, 7) is 4.08. The van der Waals surface area contributed by atoms with Crippen LogP contribution in [-0.2, 0) is 0 Å². The van der Waals surface area contributed by atoms with Crippen molar-refractivity contribution in [1.82, 2.24) is 0 Å². The van der Waals surface area contributed by atoms with Gasteiger partial charge in [-0.25, -0.2) is 0 Å². The molecule has 0 atom stereocenters. The number of thiocarbonyl (C=S) groups is 1. The SMILES string of the molecule is Cc1cc(Br)ccc1Nc1ccc(C(N)=S)c(C)c1. The van der Waals surface area contributed by atoms with Crippen LogP contribution in [0.1, 0.15) is 16.7 Å². The molecule has 0 amide bonds. The number of benzene rings is 2. The Balaban J connectivity index is 2.29. The van der Waals surface area contributed by atoms with Crippen molar-refractivity contribution in [2.45, 2.75) is 13.8 Å². The molecule has 3 N–H and O–H groups in total. The first-order valence-corrected chi connectivity index (χ1v) is 7.11. The van der Waals surface area contributed by atoms with Crippen LogP contribution in [0.3, 0.4) is 0 Å². The Hall–Kier alpha value is -1.39. The third-order valence-corrected chi connectivity index (χ3v) is 3.67. The van der Waals surface area contributed by atoms with Crippen LogP contribution in [-0.4, -0.2) is 4.99 Å². The molecule has 0 radical (unpaired) electrons. The van der Waals surface area contributed by atoms with Crippen LogP contribution in [0, 0.1) is 13.8 Å². The summed E-state index contributed by atoms with van der Waals surface area (Å²) in [6, 6.07) is 12.1. The van der Waals surface area contributed by atoms with Crippen molar-refractivity contribution in [3.8, 4) is 0 Å². The van der Waals surface area contributed by atoms with E-state index in [1.54, 1.807) is 0 Å². The highest BCUT2D eigenvalue weighted by molar-refractivity contribution is 9.10. The number of anilines is 2. The molecule has 0 unspecified atom stereocenters. The van der Waals surface area contributed by atoms with Gasteiger partial charge in [-0.15, -0.1) is 0 Å². The number of halogens is 1. The van der Waals surface area contributed by atoms with Gasteiger partial charge in [0.05, 0.1) is 0 Å². The molecule has 0 saturated heterocycles. The molecule has 0 bridgehead atoms. The van der Waals surface area contributed by atoms with E-state index in [1.807, 2.05) is 25.1 Å². The minimum atomic E-state index is 0.434. The number of hydrogen-bond donors (Lipinski definition) is 2. The molecule has 0 fully saturated rings. The largest absolute Gasteiger partial charge is 0.389 e. The Morgan fingerprint density at radius 2 is 1.84 bits per heavy atom. The highest BCUT2D eigenvalue weighted by Crippen LogP contribution is 2.25. The van der Waals surface area contributed by atoms with E-state index in [2.05, 4.69) is 46.4 Å². The first-order chi connectivity index (χ1) is 8.97. The van der Waals surface area contributed by atoms with Gasteiger partial charge in [-0.05, 0) is 61.4 Å². The predicted molar refractivity (Wildman–Crippen MR) is 89.2 cm³/mol. The van der Waals surface area contributed by atoms with Crippen molar-refractivity contribution in [3.05, 3.63) is 57.6 Å². The normalized spacial score (nSPS) is 10.3. The van der Waals surface area contributed by atoms with Crippen molar-refractivity contribution in [1.29, 1.82) is 0 Å². The topological polar surface area (TPSA) is 38.0 Å². The fraction of sp³-hybridized carbons (Fsp3) is 0.133. The van der Waals surface area contributed by atoms with E-state index >= 15 is 0 Å². The Labute approximate surface area is 127 Å². The minimum absolute atomic E-state index is 0.434. The number of nitrogens with two attached hydrogens (primary N) is 1. The van der Waals surface area contributed by atoms with Gasteiger partial charge in [0.15, 0.2) is 0 Å². The lowest BCUT2D eigenvalue weighted by Crippen LogP contribution is -2.11. The Kier molecular flexibility index (Phi) is 4.22. The summed E-state index contributed by atoms with van der Waals surface area (Å²) in [6.07, 6.45) is 0. The zero-order valence-corrected chi connectivity index (χ0v) is 13.2. The lowest BCUT2D eigenvalue weighted by molar-refractivity contribution is 1.39. The van der Waals surface area contributed by atoms with Crippen molar-refractivity contribution in [3.63, 3.8) is 0 Å². The standard InChI is InChI=1S/C15H15BrN2S/c1-9-8-12(4-5-13(9)15(17)19)18-14-6-3-11(16)7-10(14)2/h3-8,18H,1-2H3,(H2,17,19). The Morgan fingerprint density at radius 1 is 1.11 bits per heavy atom. The zero-order valence-electron chi connectivity index (χ0n) is 10.8. The van der Waals surface area contributed by atoms with Crippen LogP contribution >= 0.6 is 28.1 Å². The fourth-order valence-electron chi connectivity index (χ4n) is 1.94. The first kappa shape index (κ1) is 14.0. The van der Waals surface area contributed by atoms with Crippen LogP contribution in [0.25, 0.3) is 0 Å². The van der Waals surface area contributed by atoms with Crippen LogP contribution in [0.5, 0.6) is 0 Å². The maximum atomic E-state index is 5.66. The maximum absolute atomic E-state index is 5.66. The average Bonchev–Trinajstić information content (AvgIpc) is 2.32. The summed E-state index contributed by atoms with van der Waals surface area (Å²) in [5.41, 5.74) is 11.0. The molecule has 19 heavy (non-hydrogen) atoms. The highest BCUT2D eigenvalue weighted by Gasteiger charge is 2.04. The molecule has 98 valence electrons. The lowest BCUT2D eigenvalue weighted by atomic mass is 10.1. The summed E-state index contributed by atoms with van der Waals surface area (Å²) in [5.74, 6) is 0.